The molecule has 0 aliphatic heterocycles. The molecule has 0 bridgehead atoms. The number of hydrogen-bond acceptors (Lipinski definition) is 4. The van der Waals surface area contributed by atoms with Crippen molar-refractivity contribution < 1.29 is 24.2 Å². The monoisotopic (exact) mass is 317 g/mol. The van der Waals surface area contributed by atoms with Gasteiger partial charge in [-0.25, -0.2) is 4.79 Å². The van der Waals surface area contributed by atoms with E-state index in [0.29, 0.717) is 12.1 Å². The number of nitrogens with zero attached hydrogens (tertiary/aromatic N) is 1. The number of benzene rings is 1. The van der Waals surface area contributed by atoms with Gasteiger partial charge in [-0.2, -0.15) is 0 Å². The molecule has 0 aliphatic carbocycles. The Bertz CT molecular complexity index is 689. The molecule has 0 saturated heterocycles. The molecule has 2 aromatic rings. The van der Waals surface area contributed by atoms with Crippen LogP contribution in [0, 0.1) is 6.92 Å². The van der Waals surface area contributed by atoms with E-state index < -0.39 is 18.0 Å². The van der Waals surface area contributed by atoms with E-state index in [2.05, 4.69) is 0 Å². The second-order valence-electron chi connectivity index (χ2n) is 5.28. The van der Waals surface area contributed by atoms with Gasteiger partial charge in [0.1, 0.15) is 6.26 Å². The Morgan fingerprint density at radius 2 is 1.91 bits per heavy atom. The number of carboxylic acids is 1. The first kappa shape index (κ1) is 16.8. The summed E-state index contributed by atoms with van der Waals surface area (Å²) in [5.41, 5.74) is 1.72. The van der Waals surface area contributed by atoms with E-state index in [0.717, 1.165) is 11.8 Å². The van der Waals surface area contributed by atoms with Gasteiger partial charge in [-0.05, 0) is 19.4 Å². The average molecular weight is 317 g/mol. The topological polar surface area (TPSA) is 91.0 Å². The third-order valence-electron chi connectivity index (χ3n) is 3.58. The van der Waals surface area contributed by atoms with Crippen molar-refractivity contribution in [3.63, 3.8) is 0 Å². The van der Waals surface area contributed by atoms with E-state index in [1.165, 1.54) is 11.0 Å². The molecule has 2 N–H and O–H groups in total. The largest absolute Gasteiger partial charge is 0.478 e. The van der Waals surface area contributed by atoms with Gasteiger partial charge < -0.3 is 19.5 Å². The summed E-state index contributed by atoms with van der Waals surface area (Å²) in [6.45, 7) is 4.20. The maximum absolute atomic E-state index is 12.4. The summed E-state index contributed by atoms with van der Waals surface area (Å²) in [7, 11) is 0. The van der Waals surface area contributed by atoms with Gasteiger partial charge in [0.25, 0.3) is 5.91 Å². The fourth-order valence-corrected chi connectivity index (χ4v) is 2.17. The number of aliphatic hydroxyl groups is 1. The minimum atomic E-state index is -1.16. The third-order valence-corrected chi connectivity index (χ3v) is 3.58. The molecule has 0 fully saturated rings. The summed E-state index contributed by atoms with van der Waals surface area (Å²) in [6, 6.07) is 8.59. The average Bonchev–Trinajstić information content (AvgIpc) is 3.02. The molecule has 1 heterocycles. The number of aliphatic hydroxyl groups excluding tert-OH is 1. The van der Waals surface area contributed by atoms with Crippen molar-refractivity contribution in [1.82, 2.24) is 4.90 Å². The Morgan fingerprint density at radius 1 is 1.26 bits per heavy atom. The van der Waals surface area contributed by atoms with E-state index >= 15 is 0 Å². The third kappa shape index (κ3) is 3.98. The second-order valence-corrected chi connectivity index (χ2v) is 5.28. The highest BCUT2D eigenvalue weighted by Gasteiger charge is 2.22. The van der Waals surface area contributed by atoms with Crippen molar-refractivity contribution >= 4 is 11.9 Å². The Morgan fingerprint density at radius 3 is 2.43 bits per heavy atom. The summed E-state index contributed by atoms with van der Waals surface area (Å²) in [5.74, 6) is -1.66. The van der Waals surface area contributed by atoms with Crippen LogP contribution in [0.3, 0.4) is 0 Å². The van der Waals surface area contributed by atoms with Crippen LogP contribution < -0.4 is 0 Å². The predicted molar refractivity (Wildman–Crippen MR) is 83.4 cm³/mol. The molecule has 0 radical (unpaired) electrons. The lowest BCUT2D eigenvalue weighted by atomic mass is 10.1. The molecule has 1 aromatic carbocycles. The number of carboxylic acid groups (broad SMARTS) is 1. The Labute approximate surface area is 134 Å². The molecule has 1 aromatic heterocycles. The van der Waals surface area contributed by atoms with Crippen LogP contribution in [0.4, 0.5) is 0 Å². The van der Waals surface area contributed by atoms with Gasteiger partial charge in [-0.1, -0.05) is 29.8 Å². The lowest BCUT2D eigenvalue weighted by Crippen LogP contribution is -2.34. The van der Waals surface area contributed by atoms with Crippen LogP contribution in [0.5, 0.6) is 0 Å². The van der Waals surface area contributed by atoms with Crippen LogP contribution in [-0.4, -0.2) is 40.1 Å². The van der Waals surface area contributed by atoms with Crippen LogP contribution in [0.25, 0.3) is 0 Å². The zero-order chi connectivity index (χ0) is 17.0. The minimum Gasteiger partial charge on any atom is -0.478 e. The fraction of sp³-hybridized carbons (Fsp3) is 0.294. The van der Waals surface area contributed by atoms with Crippen molar-refractivity contribution in [3.8, 4) is 0 Å². The summed E-state index contributed by atoms with van der Waals surface area (Å²) in [5, 5.41) is 19.2. The zero-order valence-electron chi connectivity index (χ0n) is 13.0. The number of aromatic carboxylic acids is 1. The number of hydrogen-bond donors (Lipinski definition) is 2. The predicted octanol–water partition coefficient (Wildman–Crippen LogP) is 2.48. The molecule has 122 valence electrons. The Hall–Kier alpha value is -2.60. The number of carbonyl (C=O) groups excluding carboxylic acids is 1. The number of carbonyl (C=O) groups is 2. The maximum Gasteiger partial charge on any atom is 0.338 e. The van der Waals surface area contributed by atoms with E-state index in [4.69, 9.17) is 9.52 Å². The van der Waals surface area contributed by atoms with Crippen LogP contribution >= 0.6 is 0 Å². The van der Waals surface area contributed by atoms with Gasteiger partial charge >= 0.3 is 5.97 Å². The van der Waals surface area contributed by atoms with Crippen molar-refractivity contribution in [1.29, 1.82) is 0 Å². The van der Waals surface area contributed by atoms with Gasteiger partial charge in [-0.3, -0.25) is 4.79 Å². The Balaban J connectivity index is 2.10. The molecular formula is C17H19NO5. The SMILES string of the molecule is CCN(CC(O)c1ccc(C)cc1)C(=O)c1cc(C(=O)O)co1. The summed E-state index contributed by atoms with van der Waals surface area (Å²) < 4.78 is 5.02. The maximum atomic E-state index is 12.4. The van der Waals surface area contributed by atoms with Crippen LogP contribution in [0.15, 0.2) is 41.0 Å². The highest BCUT2D eigenvalue weighted by molar-refractivity contribution is 5.95. The van der Waals surface area contributed by atoms with Gasteiger partial charge in [0.05, 0.1) is 18.2 Å². The standard InChI is InChI=1S/C17H19NO5/c1-3-18(9-14(19)12-6-4-11(2)5-7-12)16(20)15-8-13(10-23-15)17(21)22/h4-8,10,14,19H,3,9H2,1-2H3,(H,21,22). The first-order valence-electron chi connectivity index (χ1n) is 7.28. The van der Waals surface area contributed by atoms with Crippen molar-refractivity contribution in [2.24, 2.45) is 0 Å². The fourth-order valence-electron chi connectivity index (χ4n) is 2.17. The van der Waals surface area contributed by atoms with Gasteiger partial charge in [0, 0.05) is 12.6 Å². The highest BCUT2D eigenvalue weighted by atomic mass is 16.4. The lowest BCUT2D eigenvalue weighted by molar-refractivity contribution is 0.0605. The summed E-state index contributed by atoms with van der Waals surface area (Å²) >= 11 is 0. The van der Waals surface area contributed by atoms with Crippen molar-refractivity contribution in [2.75, 3.05) is 13.1 Å². The molecule has 6 nitrogen and oxygen atoms in total. The number of amides is 1. The Kier molecular flexibility index (Phi) is 5.18. The molecule has 6 heteroatoms. The summed E-state index contributed by atoms with van der Waals surface area (Å²) in [6.07, 6.45) is 0.202. The molecule has 0 spiro atoms. The van der Waals surface area contributed by atoms with E-state index in [1.54, 1.807) is 6.92 Å². The molecule has 0 aliphatic rings. The highest BCUT2D eigenvalue weighted by Crippen LogP contribution is 2.17. The molecular weight excluding hydrogens is 298 g/mol. The molecule has 1 unspecified atom stereocenters. The molecule has 0 saturated carbocycles. The van der Waals surface area contributed by atoms with Crippen LogP contribution in [0.2, 0.25) is 0 Å². The van der Waals surface area contributed by atoms with E-state index in [9.17, 15) is 14.7 Å². The van der Waals surface area contributed by atoms with Gasteiger partial charge in [0.15, 0.2) is 5.76 Å². The van der Waals surface area contributed by atoms with E-state index in [-0.39, 0.29) is 17.9 Å². The number of aryl methyl sites for hydroxylation is 1. The number of likely N-dealkylation sites (N-methyl/N-ethyl adjacent to an activating group) is 1. The van der Waals surface area contributed by atoms with Crippen molar-refractivity contribution in [2.45, 2.75) is 20.0 Å². The normalized spacial score (nSPS) is 12.0. The number of furan rings is 1. The van der Waals surface area contributed by atoms with Gasteiger partial charge in [-0.15, -0.1) is 0 Å². The zero-order valence-corrected chi connectivity index (χ0v) is 13.0. The molecule has 23 heavy (non-hydrogen) atoms. The van der Waals surface area contributed by atoms with Gasteiger partial charge in [0.2, 0.25) is 0 Å². The number of rotatable bonds is 6. The summed E-state index contributed by atoms with van der Waals surface area (Å²) in [4.78, 5) is 24.6. The minimum absolute atomic E-state index is 0.0552. The quantitative estimate of drug-likeness (QED) is 0.854. The first-order chi connectivity index (χ1) is 10.9. The van der Waals surface area contributed by atoms with E-state index in [1.807, 2.05) is 31.2 Å². The van der Waals surface area contributed by atoms with Crippen molar-refractivity contribution in [3.05, 3.63) is 59.0 Å². The smallest absolute Gasteiger partial charge is 0.338 e. The van der Waals surface area contributed by atoms with Crippen LogP contribution in [-0.2, 0) is 0 Å². The molecule has 1 amide bonds. The first-order valence-corrected chi connectivity index (χ1v) is 7.28. The molecule has 2 rings (SSSR count). The molecule has 1 atom stereocenters. The second kappa shape index (κ2) is 7.11. The van der Waals surface area contributed by atoms with Crippen LogP contribution in [0.1, 0.15) is 45.1 Å². The lowest BCUT2D eigenvalue weighted by Gasteiger charge is -2.23.